The zero-order chi connectivity index (χ0) is 15.6. The van der Waals surface area contributed by atoms with Crippen molar-refractivity contribution in [2.75, 3.05) is 5.32 Å². The summed E-state index contributed by atoms with van der Waals surface area (Å²) in [5.74, 6) is 0.390. The Kier molecular flexibility index (Phi) is 3.66. The predicted octanol–water partition coefficient (Wildman–Crippen LogP) is 4.26. The Morgan fingerprint density at radius 3 is 2.50 bits per heavy atom. The zero-order valence-corrected chi connectivity index (χ0v) is 11.4. The van der Waals surface area contributed by atoms with Gasteiger partial charge in [0.2, 0.25) is 0 Å². The molecular formula is C16H12F3N3. The van der Waals surface area contributed by atoms with E-state index in [2.05, 4.69) is 15.3 Å². The molecule has 0 aliphatic heterocycles. The van der Waals surface area contributed by atoms with Gasteiger partial charge in [-0.1, -0.05) is 24.3 Å². The lowest BCUT2D eigenvalue weighted by molar-refractivity contribution is -0.137. The second kappa shape index (κ2) is 5.63. The predicted molar refractivity (Wildman–Crippen MR) is 78.3 cm³/mol. The summed E-state index contributed by atoms with van der Waals surface area (Å²) >= 11 is 0. The van der Waals surface area contributed by atoms with Gasteiger partial charge in [-0.3, -0.25) is 4.98 Å². The maximum absolute atomic E-state index is 12.5. The molecule has 0 aliphatic rings. The molecule has 0 aliphatic carbocycles. The molecule has 6 heteroatoms. The topological polar surface area (TPSA) is 37.8 Å². The van der Waals surface area contributed by atoms with Crippen LogP contribution in [0.5, 0.6) is 0 Å². The van der Waals surface area contributed by atoms with Gasteiger partial charge in [0.05, 0.1) is 11.1 Å². The second-order valence-corrected chi connectivity index (χ2v) is 4.78. The highest BCUT2D eigenvalue weighted by molar-refractivity contribution is 5.81. The van der Waals surface area contributed by atoms with Gasteiger partial charge in [-0.25, -0.2) is 4.98 Å². The van der Waals surface area contributed by atoms with Crippen molar-refractivity contribution in [3.05, 3.63) is 66.0 Å². The number of para-hydroxylation sites is 1. The number of benzene rings is 1. The zero-order valence-electron chi connectivity index (χ0n) is 11.4. The average molecular weight is 303 g/mol. The number of hydrogen-bond acceptors (Lipinski definition) is 3. The molecule has 0 bridgehead atoms. The quantitative estimate of drug-likeness (QED) is 0.785. The molecule has 1 N–H and O–H groups in total. The van der Waals surface area contributed by atoms with Crippen LogP contribution in [0.15, 0.2) is 54.9 Å². The number of fused-ring (bicyclic) bond motifs is 1. The van der Waals surface area contributed by atoms with Gasteiger partial charge in [0.1, 0.15) is 5.82 Å². The van der Waals surface area contributed by atoms with Crippen LogP contribution in [0.3, 0.4) is 0 Å². The first kappa shape index (κ1) is 14.3. The summed E-state index contributed by atoms with van der Waals surface area (Å²) in [5.41, 5.74) is 1.06. The number of alkyl halides is 3. The number of aromatic nitrogens is 2. The highest BCUT2D eigenvalue weighted by atomic mass is 19.4. The van der Waals surface area contributed by atoms with Crippen LogP contribution in [-0.4, -0.2) is 9.97 Å². The molecule has 0 atom stereocenters. The van der Waals surface area contributed by atoms with E-state index in [0.717, 1.165) is 28.7 Å². The third-order valence-electron chi connectivity index (χ3n) is 3.27. The average Bonchev–Trinajstić information content (AvgIpc) is 2.52. The number of anilines is 1. The number of nitrogens with zero attached hydrogens (tertiary/aromatic N) is 2. The van der Waals surface area contributed by atoms with E-state index < -0.39 is 11.7 Å². The first-order valence-electron chi connectivity index (χ1n) is 6.64. The van der Waals surface area contributed by atoms with E-state index in [1.54, 1.807) is 6.20 Å². The van der Waals surface area contributed by atoms with Gasteiger partial charge in [-0.2, -0.15) is 13.2 Å². The summed E-state index contributed by atoms with van der Waals surface area (Å²) in [4.78, 5) is 8.12. The van der Waals surface area contributed by atoms with Gasteiger partial charge in [-0.15, -0.1) is 0 Å². The van der Waals surface area contributed by atoms with Gasteiger partial charge < -0.3 is 5.32 Å². The number of rotatable bonds is 3. The summed E-state index contributed by atoms with van der Waals surface area (Å²) in [5, 5.41) is 4.03. The van der Waals surface area contributed by atoms with Crippen molar-refractivity contribution >= 4 is 16.7 Å². The van der Waals surface area contributed by atoms with E-state index in [1.807, 2.05) is 30.3 Å². The standard InChI is InChI=1S/C16H12F3N3/c17-16(18,19)13-6-7-14(22-10-13)21-9-12-4-1-3-11-5-2-8-20-15(11)12/h1-8,10H,9H2,(H,21,22). The van der Waals surface area contributed by atoms with Crippen molar-refractivity contribution in [2.45, 2.75) is 12.7 Å². The van der Waals surface area contributed by atoms with E-state index in [4.69, 9.17) is 0 Å². The smallest absolute Gasteiger partial charge is 0.366 e. The van der Waals surface area contributed by atoms with Crippen molar-refractivity contribution in [3.63, 3.8) is 0 Å². The Morgan fingerprint density at radius 1 is 0.955 bits per heavy atom. The van der Waals surface area contributed by atoms with Crippen LogP contribution in [0.25, 0.3) is 10.9 Å². The summed E-state index contributed by atoms with van der Waals surface area (Å²) in [7, 11) is 0. The summed E-state index contributed by atoms with van der Waals surface area (Å²) in [6, 6.07) is 12.0. The molecule has 0 fully saturated rings. The largest absolute Gasteiger partial charge is 0.417 e. The molecule has 0 unspecified atom stereocenters. The van der Waals surface area contributed by atoms with Crippen LogP contribution >= 0.6 is 0 Å². The van der Waals surface area contributed by atoms with Gasteiger partial charge in [0.25, 0.3) is 0 Å². The maximum Gasteiger partial charge on any atom is 0.417 e. The minimum atomic E-state index is -4.37. The van der Waals surface area contributed by atoms with Crippen molar-refractivity contribution in [2.24, 2.45) is 0 Å². The molecule has 2 heterocycles. The molecule has 0 spiro atoms. The minimum absolute atomic E-state index is 0.390. The Bertz CT molecular complexity index is 777. The number of nitrogens with one attached hydrogen (secondary N) is 1. The fourth-order valence-corrected chi connectivity index (χ4v) is 2.16. The van der Waals surface area contributed by atoms with Gasteiger partial charge in [0.15, 0.2) is 0 Å². The van der Waals surface area contributed by atoms with Crippen LogP contribution in [0, 0.1) is 0 Å². The first-order valence-corrected chi connectivity index (χ1v) is 6.64. The van der Waals surface area contributed by atoms with Crippen LogP contribution in [0.1, 0.15) is 11.1 Å². The van der Waals surface area contributed by atoms with Crippen molar-refractivity contribution < 1.29 is 13.2 Å². The number of hydrogen-bond donors (Lipinski definition) is 1. The molecule has 2 aromatic heterocycles. The molecule has 0 saturated carbocycles. The normalized spacial score (nSPS) is 11.6. The minimum Gasteiger partial charge on any atom is -0.366 e. The van der Waals surface area contributed by atoms with E-state index in [-0.39, 0.29) is 0 Å². The van der Waals surface area contributed by atoms with Crippen molar-refractivity contribution in [1.82, 2.24) is 9.97 Å². The molecule has 0 radical (unpaired) electrons. The summed E-state index contributed by atoms with van der Waals surface area (Å²) in [6.07, 6.45) is -1.84. The Balaban J connectivity index is 1.77. The van der Waals surface area contributed by atoms with E-state index in [9.17, 15) is 13.2 Å². The molecule has 22 heavy (non-hydrogen) atoms. The fourth-order valence-electron chi connectivity index (χ4n) is 2.16. The highest BCUT2D eigenvalue weighted by Crippen LogP contribution is 2.29. The molecule has 112 valence electrons. The van der Waals surface area contributed by atoms with Crippen LogP contribution in [0.4, 0.5) is 19.0 Å². The SMILES string of the molecule is FC(F)(F)c1ccc(NCc2cccc3cccnc23)nc1. The molecule has 3 rings (SSSR count). The second-order valence-electron chi connectivity index (χ2n) is 4.78. The lowest BCUT2D eigenvalue weighted by Gasteiger charge is -2.10. The number of pyridine rings is 2. The van der Waals surface area contributed by atoms with Crippen molar-refractivity contribution in [3.8, 4) is 0 Å². The van der Waals surface area contributed by atoms with E-state index in [0.29, 0.717) is 12.4 Å². The molecule has 1 aromatic carbocycles. The third kappa shape index (κ3) is 3.00. The van der Waals surface area contributed by atoms with Crippen LogP contribution in [0.2, 0.25) is 0 Å². The third-order valence-corrected chi connectivity index (χ3v) is 3.27. The molecule has 3 nitrogen and oxygen atoms in total. The van der Waals surface area contributed by atoms with Crippen LogP contribution in [-0.2, 0) is 12.7 Å². The molecule has 0 saturated heterocycles. The number of halogens is 3. The lowest BCUT2D eigenvalue weighted by Crippen LogP contribution is -2.07. The first-order chi connectivity index (χ1) is 10.5. The maximum atomic E-state index is 12.5. The highest BCUT2D eigenvalue weighted by Gasteiger charge is 2.30. The Morgan fingerprint density at radius 2 is 1.77 bits per heavy atom. The van der Waals surface area contributed by atoms with Gasteiger partial charge in [0, 0.05) is 24.3 Å². The fraction of sp³-hybridized carbons (Fsp3) is 0.125. The molecule has 3 aromatic rings. The van der Waals surface area contributed by atoms with Gasteiger partial charge >= 0.3 is 6.18 Å². The monoisotopic (exact) mass is 303 g/mol. The summed E-state index contributed by atoms with van der Waals surface area (Å²) < 4.78 is 37.4. The van der Waals surface area contributed by atoms with E-state index >= 15 is 0 Å². The lowest BCUT2D eigenvalue weighted by atomic mass is 10.1. The van der Waals surface area contributed by atoms with Crippen molar-refractivity contribution in [1.29, 1.82) is 0 Å². The van der Waals surface area contributed by atoms with E-state index in [1.165, 1.54) is 6.07 Å². The molecular weight excluding hydrogens is 291 g/mol. The van der Waals surface area contributed by atoms with Gasteiger partial charge in [-0.05, 0) is 23.8 Å². The Hall–Kier alpha value is -2.63. The van der Waals surface area contributed by atoms with Crippen LogP contribution < -0.4 is 5.32 Å². The Labute approximate surface area is 124 Å². The summed E-state index contributed by atoms with van der Waals surface area (Å²) in [6.45, 7) is 0.437. The molecule has 0 amide bonds.